The number of nitrogens with zero attached hydrogens (tertiary/aromatic N) is 3. The van der Waals surface area contributed by atoms with E-state index in [4.69, 9.17) is 20.2 Å². The number of benzene rings is 1. The van der Waals surface area contributed by atoms with Crippen LogP contribution in [-0.4, -0.2) is 84.7 Å². The van der Waals surface area contributed by atoms with E-state index in [0.717, 1.165) is 24.8 Å². The van der Waals surface area contributed by atoms with Gasteiger partial charge in [0, 0.05) is 45.5 Å². The van der Waals surface area contributed by atoms with E-state index < -0.39 is 22.1 Å². The lowest BCUT2D eigenvalue weighted by molar-refractivity contribution is 0.0913. The Kier molecular flexibility index (Phi) is 11.7. The summed E-state index contributed by atoms with van der Waals surface area (Å²) in [4.78, 5) is 20.6. The number of aromatic nitrogens is 1. The molecule has 1 aliphatic rings. The maximum absolute atomic E-state index is 13.8. The van der Waals surface area contributed by atoms with Crippen molar-refractivity contribution in [3.63, 3.8) is 0 Å². The Morgan fingerprint density at radius 1 is 1.15 bits per heavy atom. The van der Waals surface area contributed by atoms with Gasteiger partial charge < -0.3 is 25.4 Å². The van der Waals surface area contributed by atoms with Gasteiger partial charge in [0.1, 0.15) is 11.6 Å². The molecule has 0 spiro atoms. The maximum Gasteiger partial charge on any atom is 0.251 e. The normalized spacial score (nSPS) is 18.1. The first-order valence-corrected chi connectivity index (χ1v) is 15.7. The SMILES string of the molecule is CCCN(c1cc(C(=O)N[C@@H](Cc2ccccc2)C(N)COC)cc(N(CCOC)CC2CC2C)n1)S(C)(=O)=O. The summed E-state index contributed by atoms with van der Waals surface area (Å²) in [5.41, 5.74) is 7.77. The molecule has 222 valence electrons. The lowest BCUT2D eigenvalue weighted by Gasteiger charge is -2.28. The standard InChI is InChI=1S/C29H45N5O5S/c1-6-12-34(40(5,36)37)28-18-23(17-27(32-28)33(13-14-38-3)19-24-15-21(24)2)29(35)31-26(25(30)20-39-4)16-22-10-8-7-9-11-22/h7-11,17-18,21,24-26H,6,12-16,19-20,30H2,1-5H3,(H,31,35)/t21?,24?,25?,26-/m0/s1. The topological polar surface area (TPSA) is 127 Å². The van der Waals surface area contributed by atoms with Crippen LogP contribution in [0.25, 0.3) is 0 Å². The molecule has 10 nitrogen and oxygen atoms in total. The second-order valence-electron chi connectivity index (χ2n) is 10.7. The molecule has 1 aliphatic carbocycles. The van der Waals surface area contributed by atoms with Crippen LogP contribution in [0.2, 0.25) is 0 Å². The van der Waals surface area contributed by atoms with Crippen molar-refractivity contribution < 1.29 is 22.7 Å². The molecule has 0 radical (unpaired) electrons. The second-order valence-corrected chi connectivity index (χ2v) is 12.6. The largest absolute Gasteiger partial charge is 0.383 e. The van der Waals surface area contributed by atoms with E-state index in [1.807, 2.05) is 37.3 Å². The highest BCUT2D eigenvalue weighted by Gasteiger charge is 2.35. The van der Waals surface area contributed by atoms with Crippen molar-refractivity contribution in [2.24, 2.45) is 17.6 Å². The molecule has 0 saturated heterocycles. The third-order valence-electron chi connectivity index (χ3n) is 7.25. The molecule has 1 saturated carbocycles. The summed E-state index contributed by atoms with van der Waals surface area (Å²) >= 11 is 0. The molecule has 2 aromatic rings. The zero-order valence-electron chi connectivity index (χ0n) is 24.4. The van der Waals surface area contributed by atoms with Crippen LogP contribution in [0.3, 0.4) is 0 Å². The predicted octanol–water partition coefficient (Wildman–Crippen LogP) is 2.68. The average molecular weight is 576 g/mol. The average Bonchev–Trinajstić information content (AvgIpc) is 3.62. The Hall–Kier alpha value is -2.73. The fraction of sp³-hybridized carbons (Fsp3) is 0.586. The first kappa shape index (κ1) is 31.8. The van der Waals surface area contributed by atoms with Gasteiger partial charge in [-0.25, -0.2) is 13.4 Å². The smallest absolute Gasteiger partial charge is 0.251 e. The van der Waals surface area contributed by atoms with Crippen LogP contribution in [0, 0.1) is 11.8 Å². The molecule has 3 unspecified atom stereocenters. The molecular formula is C29H45N5O5S. The van der Waals surface area contributed by atoms with Crippen molar-refractivity contribution in [1.29, 1.82) is 0 Å². The predicted molar refractivity (Wildman–Crippen MR) is 159 cm³/mol. The van der Waals surface area contributed by atoms with Crippen molar-refractivity contribution in [3.05, 3.63) is 53.6 Å². The van der Waals surface area contributed by atoms with Gasteiger partial charge in [0.15, 0.2) is 0 Å². The van der Waals surface area contributed by atoms with E-state index >= 15 is 0 Å². The number of carbonyl (C=O) groups is 1. The van der Waals surface area contributed by atoms with Gasteiger partial charge >= 0.3 is 0 Å². The highest BCUT2D eigenvalue weighted by atomic mass is 32.2. The molecule has 3 N–H and O–H groups in total. The van der Waals surface area contributed by atoms with Crippen LogP contribution >= 0.6 is 0 Å². The summed E-state index contributed by atoms with van der Waals surface area (Å²) < 4.78 is 37.4. The van der Waals surface area contributed by atoms with Crippen molar-refractivity contribution in [3.8, 4) is 0 Å². The second kappa shape index (κ2) is 14.8. The van der Waals surface area contributed by atoms with Crippen molar-refractivity contribution in [2.45, 2.75) is 45.2 Å². The number of pyridine rings is 1. The number of sulfonamides is 1. The fourth-order valence-electron chi connectivity index (χ4n) is 4.75. The Labute approximate surface area is 239 Å². The molecule has 0 bridgehead atoms. The van der Waals surface area contributed by atoms with Gasteiger partial charge in [-0.15, -0.1) is 0 Å². The summed E-state index contributed by atoms with van der Waals surface area (Å²) in [5, 5.41) is 3.09. The highest BCUT2D eigenvalue weighted by Crippen LogP contribution is 2.39. The van der Waals surface area contributed by atoms with E-state index in [1.165, 1.54) is 4.31 Å². The molecule has 11 heteroatoms. The van der Waals surface area contributed by atoms with Crippen LogP contribution in [0.15, 0.2) is 42.5 Å². The Bertz CT molecular complexity index is 1200. The van der Waals surface area contributed by atoms with E-state index in [2.05, 4.69) is 17.1 Å². The number of nitrogens with one attached hydrogen (secondary N) is 1. The lowest BCUT2D eigenvalue weighted by atomic mass is 9.99. The molecule has 1 heterocycles. The number of methoxy groups -OCH3 is 2. The third-order valence-corrected chi connectivity index (χ3v) is 8.42. The van der Waals surface area contributed by atoms with Crippen LogP contribution in [-0.2, 0) is 25.9 Å². The number of rotatable bonds is 17. The summed E-state index contributed by atoms with van der Waals surface area (Å²) in [6, 6.07) is 12.2. The van der Waals surface area contributed by atoms with Crippen LogP contribution < -0.4 is 20.3 Å². The first-order valence-electron chi connectivity index (χ1n) is 13.9. The van der Waals surface area contributed by atoms with Crippen LogP contribution in [0.1, 0.15) is 42.6 Å². The summed E-state index contributed by atoms with van der Waals surface area (Å²) in [6.45, 7) is 6.44. The lowest BCUT2D eigenvalue weighted by Crippen LogP contribution is -2.51. The van der Waals surface area contributed by atoms with Gasteiger partial charge in [0.05, 0.1) is 25.5 Å². The van der Waals surface area contributed by atoms with E-state index in [9.17, 15) is 13.2 Å². The molecule has 4 atom stereocenters. The van der Waals surface area contributed by atoms with Gasteiger partial charge in [0.2, 0.25) is 10.0 Å². The van der Waals surface area contributed by atoms with Crippen molar-refractivity contribution >= 4 is 27.6 Å². The molecular weight excluding hydrogens is 530 g/mol. The first-order chi connectivity index (χ1) is 19.1. The number of carbonyl (C=O) groups excluding carboxylic acids is 1. The Balaban J connectivity index is 2.01. The number of nitrogens with two attached hydrogens (primary N) is 1. The Morgan fingerprint density at radius 3 is 2.40 bits per heavy atom. The summed E-state index contributed by atoms with van der Waals surface area (Å²) in [6.07, 6.45) is 3.40. The minimum Gasteiger partial charge on any atom is -0.383 e. The number of hydrogen-bond acceptors (Lipinski definition) is 8. The molecule has 40 heavy (non-hydrogen) atoms. The third kappa shape index (κ3) is 9.15. The number of ether oxygens (including phenoxy) is 2. The maximum atomic E-state index is 13.8. The van der Waals surface area contributed by atoms with Crippen LogP contribution in [0.4, 0.5) is 11.6 Å². The fourth-order valence-corrected chi connectivity index (χ4v) is 5.70. The zero-order chi connectivity index (χ0) is 29.3. The summed E-state index contributed by atoms with van der Waals surface area (Å²) in [7, 11) is -0.409. The number of anilines is 2. The number of amides is 1. The van der Waals surface area contributed by atoms with Gasteiger partial charge in [-0.2, -0.15) is 0 Å². The van der Waals surface area contributed by atoms with Gasteiger partial charge in [-0.3, -0.25) is 9.10 Å². The van der Waals surface area contributed by atoms with Gasteiger partial charge in [0.25, 0.3) is 5.91 Å². The molecule has 1 aromatic heterocycles. The quantitative estimate of drug-likeness (QED) is 0.295. The zero-order valence-corrected chi connectivity index (χ0v) is 25.2. The minimum absolute atomic E-state index is 0.221. The van der Waals surface area contributed by atoms with E-state index in [1.54, 1.807) is 26.4 Å². The van der Waals surface area contributed by atoms with E-state index in [0.29, 0.717) is 49.2 Å². The molecule has 1 fully saturated rings. The van der Waals surface area contributed by atoms with Crippen molar-refractivity contribution in [1.82, 2.24) is 10.3 Å². The molecule has 0 aliphatic heterocycles. The van der Waals surface area contributed by atoms with Crippen molar-refractivity contribution in [2.75, 3.05) is 62.5 Å². The molecule has 3 rings (SSSR count). The molecule has 1 amide bonds. The minimum atomic E-state index is -3.63. The monoisotopic (exact) mass is 575 g/mol. The van der Waals surface area contributed by atoms with Gasteiger partial charge in [-0.05, 0) is 48.8 Å². The Morgan fingerprint density at radius 2 is 1.82 bits per heavy atom. The molecule has 1 aromatic carbocycles. The van der Waals surface area contributed by atoms with E-state index in [-0.39, 0.29) is 24.9 Å². The van der Waals surface area contributed by atoms with Crippen LogP contribution in [0.5, 0.6) is 0 Å². The highest BCUT2D eigenvalue weighted by molar-refractivity contribution is 7.92. The van der Waals surface area contributed by atoms with Gasteiger partial charge in [-0.1, -0.05) is 44.2 Å². The number of hydrogen-bond donors (Lipinski definition) is 2. The summed E-state index contributed by atoms with van der Waals surface area (Å²) in [5.74, 6) is 1.55.